The van der Waals surface area contributed by atoms with E-state index in [1.165, 1.54) is 0 Å². The maximum atomic E-state index is 12.6. The summed E-state index contributed by atoms with van der Waals surface area (Å²) in [6.07, 6.45) is 2.25. The van der Waals surface area contributed by atoms with Gasteiger partial charge in [-0.25, -0.2) is 0 Å². The fourth-order valence-electron chi connectivity index (χ4n) is 3.43. The molecule has 0 spiro atoms. The number of amides is 2. The number of nitrogens with one attached hydrogen (secondary N) is 1. The number of benzene rings is 1. The molecule has 1 atom stereocenters. The van der Waals surface area contributed by atoms with Gasteiger partial charge in [-0.3, -0.25) is 9.59 Å². The molecule has 2 fully saturated rings. The van der Waals surface area contributed by atoms with Crippen LogP contribution in [0.2, 0.25) is 0 Å². The van der Waals surface area contributed by atoms with Gasteiger partial charge in [-0.05, 0) is 18.4 Å². The molecule has 24 heavy (non-hydrogen) atoms. The Morgan fingerprint density at radius 2 is 1.75 bits per heavy atom. The van der Waals surface area contributed by atoms with Crippen molar-refractivity contribution >= 4 is 24.2 Å². The van der Waals surface area contributed by atoms with Crippen LogP contribution in [0.3, 0.4) is 0 Å². The van der Waals surface area contributed by atoms with Crippen LogP contribution >= 0.6 is 12.4 Å². The van der Waals surface area contributed by atoms with Gasteiger partial charge in [-0.1, -0.05) is 30.3 Å². The second kappa shape index (κ2) is 9.04. The lowest BCUT2D eigenvalue weighted by Crippen LogP contribution is -2.52. The molecule has 2 aliphatic rings. The number of piperidine rings is 1. The average Bonchev–Trinajstić information content (AvgIpc) is 2.63. The third-order valence-corrected chi connectivity index (χ3v) is 4.75. The fraction of sp³-hybridized carbons (Fsp3) is 0.556. The second-order valence-corrected chi connectivity index (χ2v) is 6.42. The van der Waals surface area contributed by atoms with E-state index in [0.29, 0.717) is 13.0 Å². The summed E-state index contributed by atoms with van der Waals surface area (Å²) < 4.78 is 0. The molecule has 2 amide bonds. The predicted octanol–water partition coefficient (Wildman–Crippen LogP) is 1.32. The highest BCUT2D eigenvalue weighted by atomic mass is 35.5. The van der Waals surface area contributed by atoms with E-state index in [2.05, 4.69) is 5.32 Å². The van der Waals surface area contributed by atoms with Gasteiger partial charge in [0.05, 0.1) is 12.3 Å². The number of hydrogen-bond acceptors (Lipinski definition) is 3. The first-order valence-electron chi connectivity index (χ1n) is 8.55. The number of nitrogens with zero attached hydrogens (tertiary/aromatic N) is 2. The molecule has 5 nitrogen and oxygen atoms in total. The molecule has 1 N–H and O–H groups in total. The largest absolute Gasteiger partial charge is 0.342 e. The number of likely N-dealkylation sites (tertiary alicyclic amines) is 1. The maximum absolute atomic E-state index is 12.6. The smallest absolute Gasteiger partial charge is 0.227 e. The van der Waals surface area contributed by atoms with Gasteiger partial charge in [-0.15, -0.1) is 12.4 Å². The molecule has 1 unspecified atom stereocenters. The molecule has 132 valence electrons. The lowest BCUT2D eigenvalue weighted by atomic mass is 9.95. The van der Waals surface area contributed by atoms with Crippen LogP contribution in [0.5, 0.6) is 0 Å². The monoisotopic (exact) mass is 351 g/mol. The van der Waals surface area contributed by atoms with E-state index in [-0.39, 0.29) is 30.1 Å². The number of carbonyl (C=O) groups excluding carboxylic acids is 2. The summed E-state index contributed by atoms with van der Waals surface area (Å²) in [5.41, 5.74) is 1.04. The van der Waals surface area contributed by atoms with Crippen molar-refractivity contribution < 1.29 is 9.59 Å². The van der Waals surface area contributed by atoms with Crippen LogP contribution in [-0.4, -0.2) is 60.9 Å². The molecule has 0 saturated carbocycles. The quantitative estimate of drug-likeness (QED) is 0.893. The van der Waals surface area contributed by atoms with Crippen LogP contribution < -0.4 is 5.32 Å². The molecule has 6 heteroatoms. The Morgan fingerprint density at radius 1 is 1.04 bits per heavy atom. The highest BCUT2D eigenvalue weighted by Gasteiger charge is 2.31. The van der Waals surface area contributed by atoms with Crippen molar-refractivity contribution in [1.29, 1.82) is 0 Å². The molecular formula is C18H26ClN3O2. The molecule has 2 heterocycles. The third-order valence-electron chi connectivity index (χ3n) is 4.75. The van der Waals surface area contributed by atoms with Crippen LogP contribution in [0, 0.1) is 5.92 Å². The van der Waals surface area contributed by atoms with Crippen LogP contribution in [0.1, 0.15) is 18.4 Å². The van der Waals surface area contributed by atoms with Gasteiger partial charge in [-0.2, -0.15) is 0 Å². The van der Waals surface area contributed by atoms with E-state index in [9.17, 15) is 9.59 Å². The summed E-state index contributed by atoms with van der Waals surface area (Å²) in [5, 5.41) is 3.27. The van der Waals surface area contributed by atoms with Crippen LogP contribution in [0.25, 0.3) is 0 Å². The summed E-state index contributed by atoms with van der Waals surface area (Å²) >= 11 is 0. The van der Waals surface area contributed by atoms with Crippen molar-refractivity contribution in [3.05, 3.63) is 35.9 Å². The van der Waals surface area contributed by atoms with Crippen molar-refractivity contribution in [1.82, 2.24) is 15.1 Å². The van der Waals surface area contributed by atoms with Gasteiger partial charge in [0, 0.05) is 39.3 Å². The Bertz CT molecular complexity index is 546. The van der Waals surface area contributed by atoms with Crippen LogP contribution in [0.4, 0.5) is 0 Å². The summed E-state index contributed by atoms with van der Waals surface area (Å²) in [7, 11) is 0. The first-order chi connectivity index (χ1) is 11.2. The summed E-state index contributed by atoms with van der Waals surface area (Å²) in [6, 6.07) is 9.82. The number of rotatable bonds is 3. The van der Waals surface area contributed by atoms with Gasteiger partial charge in [0.2, 0.25) is 11.8 Å². The second-order valence-electron chi connectivity index (χ2n) is 6.42. The third kappa shape index (κ3) is 4.71. The minimum atomic E-state index is -0.0263. The van der Waals surface area contributed by atoms with Gasteiger partial charge < -0.3 is 15.1 Å². The van der Waals surface area contributed by atoms with Crippen molar-refractivity contribution in [2.75, 3.05) is 39.3 Å². The van der Waals surface area contributed by atoms with Gasteiger partial charge in [0.25, 0.3) is 0 Å². The van der Waals surface area contributed by atoms with Crippen molar-refractivity contribution in [2.24, 2.45) is 5.92 Å². The van der Waals surface area contributed by atoms with E-state index >= 15 is 0 Å². The van der Waals surface area contributed by atoms with Crippen LogP contribution in [0.15, 0.2) is 30.3 Å². The number of halogens is 1. The van der Waals surface area contributed by atoms with Gasteiger partial charge in [0.1, 0.15) is 0 Å². The SMILES string of the molecule is Cl.O=C(Cc1ccccc1)N1CCCC(C(=O)N2CCNCC2)C1. The summed E-state index contributed by atoms with van der Waals surface area (Å²) in [5.74, 6) is 0.333. The zero-order valence-corrected chi connectivity index (χ0v) is 14.8. The highest BCUT2D eigenvalue weighted by Crippen LogP contribution is 2.20. The molecular weight excluding hydrogens is 326 g/mol. The van der Waals surface area contributed by atoms with E-state index in [1.54, 1.807) is 0 Å². The van der Waals surface area contributed by atoms with Crippen molar-refractivity contribution in [3.8, 4) is 0 Å². The number of hydrogen-bond donors (Lipinski definition) is 1. The van der Waals surface area contributed by atoms with Crippen LogP contribution in [-0.2, 0) is 16.0 Å². The Labute approximate surface area is 149 Å². The van der Waals surface area contributed by atoms with E-state index < -0.39 is 0 Å². The predicted molar refractivity (Wildman–Crippen MR) is 96.1 cm³/mol. The lowest BCUT2D eigenvalue weighted by molar-refractivity contribution is -0.141. The van der Waals surface area contributed by atoms with E-state index in [0.717, 1.165) is 51.1 Å². The molecule has 0 aliphatic carbocycles. The highest BCUT2D eigenvalue weighted by molar-refractivity contribution is 5.85. The molecule has 1 aromatic carbocycles. The molecule has 2 aliphatic heterocycles. The Morgan fingerprint density at radius 3 is 2.46 bits per heavy atom. The van der Waals surface area contributed by atoms with E-state index in [4.69, 9.17) is 0 Å². The fourth-order valence-corrected chi connectivity index (χ4v) is 3.43. The molecule has 2 saturated heterocycles. The average molecular weight is 352 g/mol. The minimum absolute atomic E-state index is 0. The zero-order chi connectivity index (χ0) is 16.1. The van der Waals surface area contributed by atoms with Crippen molar-refractivity contribution in [3.63, 3.8) is 0 Å². The lowest BCUT2D eigenvalue weighted by Gasteiger charge is -2.36. The number of piperazine rings is 1. The molecule has 0 aromatic heterocycles. The minimum Gasteiger partial charge on any atom is -0.342 e. The Balaban J connectivity index is 0.00000208. The molecule has 1 aromatic rings. The molecule has 0 radical (unpaired) electrons. The van der Waals surface area contributed by atoms with Gasteiger partial charge >= 0.3 is 0 Å². The topological polar surface area (TPSA) is 52.7 Å². The zero-order valence-electron chi connectivity index (χ0n) is 13.9. The molecule has 0 bridgehead atoms. The summed E-state index contributed by atoms with van der Waals surface area (Å²) in [6.45, 7) is 4.66. The molecule has 3 rings (SSSR count). The Hall–Kier alpha value is -1.59. The van der Waals surface area contributed by atoms with Gasteiger partial charge in [0.15, 0.2) is 0 Å². The summed E-state index contributed by atoms with van der Waals surface area (Å²) in [4.78, 5) is 29.0. The first kappa shape index (κ1) is 18.7. The van der Waals surface area contributed by atoms with Crippen molar-refractivity contribution in [2.45, 2.75) is 19.3 Å². The normalized spacial score (nSPS) is 21.1. The maximum Gasteiger partial charge on any atom is 0.227 e. The standard InChI is InChI=1S/C18H25N3O2.ClH/c22-17(13-15-5-2-1-3-6-15)21-10-4-7-16(14-21)18(23)20-11-8-19-9-12-20;/h1-3,5-6,16,19H,4,7-14H2;1H. The number of carbonyl (C=O) groups is 2. The first-order valence-corrected chi connectivity index (χ1v) is 8.55. The van der Waals surface area contributed by atoms with E-state index in [1.807, 2.05) is 40.1 Å². The Kier molecular flexibility index (Phi) is 7.06.